The molecule has 0 fully saturated rings. The van der Waals surface area contributed by atoms with Gasteiger partial charge in [0, 0.05) is 0 Å². The van der Waals surface area contributed by atoms with Gasteiger partial charge in [0.05, 0.1) is 12.0 Å². The number of rotatable bonds is 5. The highest BCUT2D eigenvalue weighted by Crippen LogP contribution is 2.11. The van der Waals surface area contributed by atoms with Crippen LogP contribution in [0.15, 0.2) is 0 Å². The Bertz CT molecular complexity index is 138. The van der Waals surface area contributed by atoms with E-state index in [1.54, 1.807) is 6.92 Å². The van der Waals surface area contributed by atoms with Gasteiger partial charge < -0.3 is 9.84 Å². The molecule has 0 aromatic rings. The van der Waals surface area contributed by atoms with Crippen LogP contribution >= 0.6 is 11.6 Å². The Balaban J connectivity index is 3.82. The van der Waals surface area contributed by atoms with E-state index in [9.17, 15) is 9.90 Å². The van der Waals surface area contributed by atoms with Crippen LogP contribution in [0.5, 0.6) is 0 Å². The lowest BCUT2D eigenvalue weighted by molar-refractivity contribution is -0.153. The van der Waals surface area contributed by atoms with Gasteiger partial charge in [-0.1, -0.05) is 13.3 Å². The summed E-state index contributed by atoms with van der Waals surface area (Å²) >= 11 is 5.71. The third-order valence-electron chi connectivity index (χ3n) is 1.44. The summed E-state index contributed by atoms with van der Waals surface area (Å²) in [4.78, 5) is 10.9. The molecule has 1 N–H and O–H groups in total. The summed E-state index contributed by atoms with van der Waals surface area (Å²) in [6.45, 7) is 3.90. The first-order valence-electron chi connectivity index (χ1n) is 4.12. The molecular formula is C8H15ClO3. The number of aliphatic hydroxyl groups excluding tert-OH is 1. The molecule has 0 amide bonds. The van der Waals surface area contributed by atoms with E-state index in [-0.39, 0.29) is 6.61 Å². The van der Waals surface area contributed by atoms with E-state index >= 15 is 0 Å². The largest absolute Gasteiger partial charge is 0.464 e. The smallest absolute Gasteiger partial charge is 0.336 e. The Morgan fingerprint density at radius 2 is 2.17 bits per heavy atom. The molecule has 0 saturated heterocycles. The molecule has 2 atom stereocenters. The summed E-state index contributed by atoms with van der Waals surface area (Å²) in [5.74, 6) is -0.633. The number of alkyl halides is 1. The molecule has 0 spiro atoms. The highest BCUT2D eigenvalue weighted by Gasteiger charge is 2.24. The van der Waals surface area contributed by atoms with Gasteiger partial charge in [-0.2, -0.15) is 0 Å². The van der Waals surface area contributed by atoms with Crippen LogP contribution in [0, 0.1) is 0 Å². The summed E-state index contributed by atoms with van der Waals surface area (Å²) in [5, 5.41) is 8.71. The van der Waals surface area contributed by atoms with E-state index < -0.39 is 17.5 Å². The van der Waals surface area contributed by atoms with Crippen LogP contribution in [0.4, 0.5) is 0 Å². The molecule has 3 nitrogen and oxygen atoms in total. The van der Waals surface area contributed by atoms with Crippen LogP contribution in [-0.2, 0) is 9.53 Å². The number of hydrogen-bond acceptors (Lipinski definition) is 3. The van der Waals surface area contributed by atoms with E-state index in [0.29, 0.717) is 6.42 Å². The fourth-order valence-corrected chi connectivity index (χ4v) is 1.13. The monoisotopic (exact) mass is 194 g/mol. The Morgan fingerprint density at radius 3 is 2.58 bits per heavy atom. The highest BCUT2D eigenvalue weighted by molar-refractivity contribution is 6.22. The number of aliphatic hydroxyl groups is 1. The maximum Gasteiger partial charge on any atom is 0.336 e. The Morgan fingerprint density at radius 1 is 1.58 bits per heavy atom. The second kappa shape index (κ2) is 6.26. The summed E-state index contributed by atoms with van der Waals surface area (Å²) in [5.41, 5.74) is 0. The molecule has 0 bridgehead atoms. The van der Waals surface area contributed by atoms with E-state index in [2.05, 4.69) is 4.74 Å². The van der Waals surface area contributed by atoms with Crippen molar-refractivity contribution in [3.05, 3.63) is 0 Å². The maximum absolute atomic E-state index is 10.9. The minimum atomic E-state index is -1.19. The third-order valence-corrected chi connectivity index (χ3v) is 1.89. The predicted octanol–water partition coefficient (Wildman–Crippen LogP) is 1.32. The van der Waals surface area contributed by atoms with Crippen LogP contribution in [0.3, 0.4) is 0 Å². The fourth-order valence-electron chi connectivity index (χ4n) is 0.809. The van der Waals surface area contributed by atoms with Gasteiger partial charge in [-0.3, -0.25) is 0 Å². The lowest BCUT2D eigenvalue weighted by Crippen LogP contribution is -2.31. The number of esters is 1. The van der Waals surface area contributed by atoms with Gasteiger partial charge >= 0.3 is 5.97 Å². The first kappa shape index (κ1) is 11.7. The van der Waals surface area contributed by atoms with Gasteiger partial charge in [0.15, 0.2) is 6.10 Å². The highest BCUT2D eigenvalue weighted by atomic mass is 35.5. The Labute approximate surface area is 77.7 Å². The zero-order chi connectivity index (χ0) is 9.56. The first-order valence-corrected chi connectivity index (χ1v) is 4.55. The molecule has 0 aromatic heterocycles. The summed E-state index contributed by atoms with van der Waals surface area (Å²) in [6.07, 6.45) is 0.262. The Kier molecular flexibility index (Phi) is 6.11. The summed E-state index contributed by atoms with van der Waals surface area (Å²) < 4.78 is 4.60. The minimum absolute atomic E-state index is 0.269. The van der Waals surface area contributed by atoms with E-state index in [0.717, 1.165) is 6.42 Å². The van der Waals surface area contributed by atoms with Crippen LogP contribution in [-0.4, -0.2) is 29.2 Å². The van der Waals surface area contributed by atoms with Crippen molar-refractivity contribution in [2.45, 2.75) is 38.2 Å². The van der Waals surface area contributed by atoms with E-state index in [1.807, 2.05) is 6.92 Å². The maximum atomic E-state index is 10.9. The lowest BCUT2D eigenvalue weighted by Gasteiger charge is -2.14. The van der Waals surface area contributed by atoms with Crippen LogP contribution in [0.25, 0.3) is 0 Å². The van der Waals surface area contributed by atoms with Crippen molar-refractivity contribution in [1.29, 1.82) is 0 Å². The average Bonchev–Trinajstić information content (AvgIpc) is 2.04. The quantitative estimate of drug-likeness (QED) is 0.531. The molecule has 0 aliphatic heterocycles. The summed E-state index contributed by atoms with van der Waals surface area (Å²) in [7, 11) is 0. The summed E-state index contributed by atoms with van der Waals surface area (Å²) in [6, 6.07) is 0. The van der Waals surface area contributed by atoms with Gasteiger partial charge in [0.25, 0.3) is 0 Å². The van der Waals surface area contributed by atoms with Gasteiger partial charge in [0.1, 0.15) is 0 Å². The normalized spacial score (nSPS) is 15.3. The molecule has 0 aliphatic carbocycles. The van der Waals surface area contributed by atoms with Crippen LogP contribution in [0.1, 0.15) is 26.7 Å². The van der Waals surface area contributed by atoms with E-state index in [4.69, 9.17) is 11.6 Å². The molecular weight excluding hydrogens is 180 g/mol. The number of carbonyl (C=O) groups excluding carboxylic acids is 1. The lowest BCUT2D eigenvalue weighted by atomic mass is 10.1. The van der Waals surface area contributed by atoms with Crippen molar-refractivity contribution >= 4 is 17.6 Å². The molecule has 0 heterocycles. The zero-order valence-electron chi connectivity index (χ0n) is 7.42. The number of carbonyl (C=O) groups is 1. The van der Waals surface area contributed by atoms with Gasteiger partial charge in [-0.25, -0.2) is 4.79 Å². The van der Waals surface area contributed by atoms with Crippen molar-refractivity contribution < 1.29 is 14.6 Å². The van der Waals surface area contributed by atoms with Crippen molar-refractivity contribution in [2.24, 2.45) is 0 Å². The third kappa shape index (κ3) is 3.93. The van der Waals surface area contributed by atoms with Crippen molar-refractivity contribution in [2.75, 3.05) is 6.61 Å². The number of halogens is 1. The van der Waals surface area contributed by atoms with Gasteiger partial charge in [-0.15, -0.1) is 11.6 Å². The molecule has 0 aliphatic rings. The van der Waals surface area contributed by atoms with Crippen molar-refractivity contribution in [3.63, 3.8) is 0 Å². The van der Waals surface area contributed by atoms with E-state index in [1.165, 1.54) is 0 Å². The standard InChI is InChI=1S/C8H15ClO3/c1-3-5-6(9)7(10)8(11)12-4-2/h6-7,10H,3-5H2,1-2H3/t6?,7-/m1/s1. The fraction of sp³-hybridized carbons (Fsp3) is 0.875. The topological polar surface area (TPSA) is 46.5 Å². The van der Waals surface area contributed by atoms with Crippen LogP contribution < -0.4 is 0 Å². The molecule has 1 unspecified atom stereocenters. The molecule has 4 heteroatoms. The second-order valence-corrected chi connectivity index (χ2v) is 3.06. The molecule has 0 saturated carbocycles. The van der Waals surface area contributed by atoms with Gasteiger partial charge in [0.2, 0.25) is 0 Å². The molecule has 12 heavy (non-hydrogen) atoms. The average molecular weight is 195 g/mol. The number of ether oxygens (including phenoxy) is 1. The second-order valence-electron chi connectivity index (χ2n) is 2.50. The predicted molar refractivity (Wildman–Crippen MR) is 47.2 cm³/mol. The molecule has 0 aromatic carbocycles. The Hall–Kier alpha value is -0.280. The molecule has 72 valence electrons. The van der Waals surface area contributed by atoms with Crippen LogP contribution in [0.2, 0.25) is 0 Å². The van der Waals surface area contributed by atoms with Crippen molar-refractivity contribution in [3.8, 4) is 0 Å². The SMILES string of the molecule is CCCC(Cl)[C@@H](O)C(=O)OCC. The zero-order valence-corrected chi connectivity index (χ0v) is 8.17. The van der Waals surface area contributed by atoms with Gasteiger partial charge in [-0.05, 0) is 13.3 Å². The minimum Gasteiger partial charge on any atom is -0.464 e. The molecule has 0 radical (unpaired) electrons. The number of hydrogen-bond donors (Lipinski definition) is 1. The van der Waals surface area contributed by atoms with Crippen molar-refractivity contribution in [1.82, 2.24) is 0 Å². The molecule has 0 rings (SSSR count). The first-order chi connectivity index (χ1) is 5.63.